The summed E-state index contributed by atoms with van der Waals surface area (Å²) in [5.74, 6) is 1.90. The third kappa shape index (κ3) is 5.78. The third-order valence-corrected chi connectivity index (χ3v) is 6.24. The Morgan fingerprint density at radius 3 is 2.65 bits per heavy atom. The molecule has 0 unspecified atom stereocenters. The molecule has 9 heteroatoms. The first kappa shape index (κ1) is 21.7. The van der Waals surface area contributed by atoms with Crippen LogP contribution in [-0.2, 0) is 11.3 Å². The van der Waals surface area contributed by atoms with E-state index in [0.29, 0.717) is 16.7 Å². The minimum Gasteiger partial charge on any atom is -0.497 e. The largest absolute Gasteiger partial charge is 0.497 e. The van der Waals surface area contributed by atoms with E-state index in [0.717, 1.165) is 49.1 Å². The van der Waals surface area contributed by atoms with Crippen LogP contribution in [0.15, 0.2) is 53.7 Å². The molecule has 1 saturated heterocycles. The molecule has 0 spiro atoms. The summed E-state index contributed by atoms with van der Waals surface area (Å²) in [7, 11) is 1.63. The summed E-state index contributed by atoms with van der Waals surface area (Å²) in [5, 5.41) is 8.48. The van der Waals surface area contributed by atoms with E-state index >= 15 is 0 Å². The fraction of sp³-hybridized carbons (Fsp3) is 0.318. The molecule has 31 heavy (non-hydrogen) atoms. The molecule has 2 aromatic carbocycles. The molecule has 0 saturated carbocycles. The van der Waals surface area contributed by atoms with Crippen molar-refractivity contribution < 1.29 is 9.53 Å². The maximum Gasteiger partial charge on any atom is 0.233 e. The monoisotopic (exact) mass is 457 g/mol. The molecule has 0 radical (unpaired) electrons. The van der Waals surface area contributed by atoms with Crippen LogP contribution in [0.3, 0.4) is 0 Å². The highest BCUT2D eigenvalue weighted by molar-refractivity contribution is 7.99. The first-order valence-electron chi connectivity index (χ1n) is 10.0. The van der Waals surface area contributed by atoms with Gasteiger partial charge >= 0.3 is 0 Å². The van der Waals surface area contributed by atoms with Gasteiger partial charge in [0.1, 0.15) is 5.75 Å². The van der Waals surface area contributed by atoms with Crippen molar-refractivity contribution in [2.45, 2.75) is 11.7 Å². The zero-order valence-electron chi connectivity index (χ0n) is 17.3. The molecule has 4 rings (SSSR count). The van der Waals surface area contributed by atoms with E-state index in [2.05, 4.69) is 26.1 Å². The second kappa shape index (κ2) is 10.2. The zero-order chi connectivity index (χ0) is 21.6. The minimum absolute atomic E-state index is 0.114. The molecule has 162 valence electrons. The van der Waals surface area contributed by atoms with Gasteiger partial charge in [-0.1, -0.05) is 35.5 Å². The van der Waals surface area contributed by atoms with E-state index in [1.807, 2.05) is 47.4 Å². The number of methoxy groups -OCH3 is 1. The van der Waals surface area contributed by atoms with Gasteiger partial charge in [0.15, 0.2) is 5.82 Å². The van der Waals surface area contributed by atoms with Crippen LogP contribution in [0.1, 0.15) is 5.56 Å². The maximum absolute atomic E-state index is 12.6. The van der Waals surface area contributed by atoms with Gasteiger partial charge in [-0.3, -0.25) is 14.8 Å². The number of rotatable bonds is 7. The summed E-state index contributed by atoms with van der Waals surface area (Å²) in [6, 6.07) is 15.5. The molecule has 0 atom stereocenters. The Bertz CT molecular complexity index is 1020. The topological polar surface area (TPSA) is 74.3 Å². The molecule has 1 aliphatic heterocycles. The van der Waals surface area contributed by atoms with Crippen LogP contribution < -0.4 is 4.74 Å². The van der Waals surface area contributed by atoms with Crippen molar-refractivity contribution in [1.82, 2.24) is 25.0 Å². The Hall–Kier alpha value is -2.55. The van der Waals surface area contributed by atoms with Gasteiger partial charge in [-0.15, -0.1) is 5.10 Å². The standard InChI is InChI=1S/C22H24ClN5O2S/c1-30-19-7-5-17(6-8-19)21-24-22(26-25-21)31-15-20(29)28-11-9-27(10-12-28)14-16-3-2-4-18(23)13-16/h2-8,13H,9-12,14-15H2,1H3,(H,24,25,26). The number of aromatic amines is 1. The number of nitrogens with zero attached hydrogens (tertiary/aromatic N) is 4. The number of hydrogen-bond acceptors (Lipinski definition) is 6. The van der Waals surface area contributed by atoms with Gasteiger partial charge in [0.2, 0.25) is 11.1 Å². The first-order chi connectivity index (χ1) is 15.1. The van der Waals surface area contributed by atoms with Gasteiger partial charge in [-0.05, 0) is 42.0 Å². The van der Waals surface area contributed by atoms with Crippen molar-refractivity contribution >= 4 is 29.3 Å². The number of halogens is 1. The smallest absolute Gasteiger partial charge is 0.233 e. The lowest BCUT2D eigenvalue weighted by Gasteiger charge is -2.34. The molecular formula is C22H24ClN5O2S. The lowest BCUT2D eigenvalue weighted by atomic mass is 10.2. The fourth-order valence-electron chi connectivity index (χ4n) is 3.46. The minimum atomic E-state index is 0.114. The van der Waals surface area contributed by atoms with E-state index in [-0.39, 0.29) is 5.91 Å². The van der Waals surface area contributed by atoms with Crippen molar-refractivity contribution in [2.75, 3.05) is 39.0 Å². The number of nitrogens with one attached hydrogen (secondary N) is 1. The Balaban J connectivity index is 1.24. The summed E-state index contributed by atoms with van der Waals surface area (Å²) in [4.78, 5) is 21.4. The van der Waals surface area contributed by atoms with Gasteiger partial charge in [0.05, 0.1) is 12.9 Å². The van der Waals surface area contributed by atoms with E-state index in [1.165, 1.54) is 17.3 Å². The van der Waals surface area contributed by atoms with Crippen LogP contribution in [0.25, 0.3) is 11.4 Å². The molecule has 1 aromatic heterocycles. The van der Waals surface area contributed by atoms with Crippen molar-refractivity contribution in [2.24, 2.45) is 0 Å². The first-order valence-corrected chi connectivity index (χ1v) is 11.4. The molecular weight excluding hydrogens is 434 g/mol. The number of aromatic nitrogens is 3. The Morgan fingerprint density at radius 1 is 1.16 bits per heavy atom. The molecule has 1 fully saturated rings. The van der Waals surface area contributed by atoms with Crippen molar-refractivity contribution in [1.29, 1.82) is 0 Å². The highest BCUT2D eigenvalue weighted by Gasteiger charge is 2.21. The van der Waals surface area contributed by atoms with Crippen LogP contribution in [0.5, 0.6) is 5.75 Å². The van der Waals surface area contributed by atoms with Gasteiger partial charge in [-0.25, -0.2) is 4.98 Å². The number of H-pyrrole nitrogens is 1. The van der Waals surface area contributed by atoms with Crippen LogP contribution in [0.2, 0.25) is 5.02 Å². The average molecular weight is 458 g/mol. The summed E-state index contributed by atoms with van der Waals surface area (Å²) in [6.07, 6.45) is 0. The number of carbonyl (C=O) groups is 1. The van der Waals surface area contributed by atoms with Crippen LogP contribution >= 0.6 is 23.4 Å². The van der Waals surface area contributed by atoms with Gasteiger partial charge in [-0.2, -0.15) is 0 Å². The number of ether oxygens (including phenoxy) is 1. The molecule has 7 nitrogen and oxygen atoms in total. The predicted molar refractivity (Wildman–Crippen MR) is 122 cm³/mol. The second-order valence-corrected chi connectivity index (χ2v) is 8.65. The molecule has 1 N–H and O–H groups in total. The van der Waals surface area contributed by atoms with Crippen molar-refractivity contribution in [3.8, 4) is 17.1 Å². The molecule has 3 aromatic rings. The highest BCUT2D eigenvalue weighted by atomic mass is 35.5. The summed E-state index contributed by atoms with van der Waals surface area (Å²) >= 11 is 7.42. The Morgan fingerprint density at radius 2 is 1.94 bits per heavy atom. The van der Waals surface area contributed by atoms with Gasteiger partial charge in [0.25, 0.3) is 0 Å². The van der Waals surface area contributed by atoms with E-state index in [1.54, 1.807) is 7.11 Å². The number of piperazine rings is 1. The van der Waals surface area contributed by atoms with Crippen molar-refractivity contribution in [3.63, 3.8) is 0 Å². The van der Waals surface area contributed by atoms with E-state index in [4.69, 9.17) is 16.3 Å². The number of hydrogen-bond donors (Lipinski definition) is 1. The zero-order valence-corrected chi connectivity index (χ0v) is 18.8. The van der Waals surface area contributed by atoms with Crippen molar-refractivity contribution in [3.05, 3.63) is 59.1 Å². The molecule has 0 bridgehead atoms. The van der Waals surface area contributed by atoms with E-state index in [9.17, 15) is 4.79 Å². The molecule has 1 amide bonds. The highest BCUT2D eigenvalue weighted by Crippen LogP contribution is 2.22. The number of thioether (sulfide) groups is 1. The lowest BCUT2D eigenvalue weighted by Crippen LogP contribution is -2.48. The van der Waals surface area contributed by atoms with Gasteiger partial charge in [0, 0.05) is 43.3 Å². The van der Waals surface area contributed by atoms with E-state index < -0.39 is 0 Å². The summed E-state index contributed by atoms with van der Waals surface area (Å²) in [5.41, 5.74) is 2.11. The quantitative estimate of drug-likeness (QED) is 0.547. The molecule has 0 aliphatic carbocycles. The molecule has 2 heterocycles. The third-order valence-electron chi connectivity index (χ3n) is 5.17. The van der Waals surface area contributed by atoms with Crippen LogP contribution in [0, 0.1) is 0 Å². The fourth-order valence-corrected chi connectivity index (χ4v) is 4.37. The second-order valence-electron chi connectivity index (χ2n) is 7.27. The summed E-state index contributed by atoms with van der Waals surface area (Å²) in [6.45, 7) is 4.01. The number of carbonyl (C=O) groups excluding carboxylic acids is 1. The maximum atomic E-state index is 12.6. The lowest BCUT2D eigenvalue weighted by molar-refractivity contribution is -0.130. The SMILES string of the molecule is COc1ccc(-c2nc(SCC(=O)N3CCN(Cc4cccc(Cl)c4)CC3)n[nH]2)cc1. The summed E-state index contributed by atoms with van der Waals surface area (Å²) < 4.78 is 5.17. The van der Waals surface area contributed by atoms with Gasteiger partial charge < -0.3 is 9.64 Å². The number of amides is 1. The predicted octanol–water partition coefficient (Wildman–Crippen LogP) is 3.57. The normalized spacial score (nSPS) is 14.6. The Kier molecular flexibility index (Phi) is 7.11. The molecule has 1 aliphatic rings. The number of benzene rings is 2. The van der Waals surface area contributed by atoms with Crippen LogP contribution in [-0.4, -0.2) is 69.9 Å². The Labute approximate surface area is 190 Å². The average Bonchev–Trinajstić information content (AvgIpc) is 3.27. The van der Waals surface area contributed by atoms with Crippen LogP contribution in [0.4, 0.5) is 0 Å².